The fraction of sp³-hybridized carbons (Fsp3) is 0.478. The maximum atomic E-state index is 14.2. The molecule has 13 heteroatoms. The molecule has 12 nitrogen and oxygen atoms in total. The summed E-state index contributed by atoms with van der Waals surface area (Å²) in [6.07, 6.45) is 8.39. The molecule has 316 valence electrons. The van der Waals surface area contributed by atoms with Crippen LogP contribution in [0.1, 0.15) is 62.0 Å². The van der Waals surface area contributed by atoms with Crippen molar-refractivity contribution >= 4 is 23.6 Å². The molecule has 2 aliphatic carbocycles. The van der Waals surface area contributed by atoms with E-state index in [1.54, 1.807) is 22.7 Å². The van der Waals surface area contributed by atoms with Crippen molar-refractivity contribution in [1.82, 2.24) is 4.90 Å². The van der Waals surface area contributed by atoms with Gasteiger partial charge in [0.05, 0.1) is 32.0 Å². The minimum atomic E-state index is -1.42. The van der Waals surface area contributed by atoms with E-state index in [1.807, 2.05) is 48.5 Å². The summed E-state index contributed by atoms with van der Waals surface area (Å²) in [6.45, 7) is 5.17. The SMILES string of the molecule is C=CCO[C@@]12Oc3ccc(OCCSc4ccccc4)cc3[C@H]3[C@H](CCCCO)[C@@H](CCCCO)C=C(C(=NOC)C[C@@H]1N(Cc1ccc4c(c1)OCO4)C(=O)OC)[C@H]32. The molecule has 1 saturated carbocycles. The molecule has 6 atom stereocenters. The van der Waals surface area contributed by atoms with Gasteiger partial charge in [0, 0.05) is 48.3 Å². The molecule has 3 aromatic rings. The number of allylic oxidation sites excluding steroid dienone is 1. The van der Waals surface area contributed by atoms with Gasteiger partial charge in [0.15, 0.2) is 11.5 Å². The summed E-state index contributed by atoms with van der Waals surface area (Å²) in [5.41, 5.74) is 3.45. The van der Waals surface area contributed by atoms with E-state index >= 15 is 0 Å². The number of amides is 1. The molecule has 0 bridgehead atoms. The molecule has 4 aliphatic rings. The second-order valence-electron chi connectivity index (χ2n) is 15.3. The van der Waals surface area contributed by atoms with E-state index in [-0.39, 0.29) is 57.3 Å². The van der Waals surface area contributed by atoms with E-state index in [9.17, 15) is 15.0 Å². The summed E-state index contributed by atoms with van der Waals surface area (Å²) in [5, 5.41) is 24.4. The maximum Gasteiger partial charge on any atom is 0.410 e. The Hall–Kier alpha value is -4.69. The second kappa shape index (κ2) is 20.0. The van der Waals surface area contributed by atoms with Crippen LogP contribution >= 0.6 is 11.8 Å². The molecule has 2 heterocycles. The van der Waals surface area contributed by atoms with E-state index in [4.69, 9.17) is 33.3 Å². The Morgan fingerprint density at radius 2 is 1.76 bits per heavy atom. The molecule has 0 aromatic heterocycles. The highest BCUT2D eigenvalue weighted by Gasteiger charge is 2.65. The summed E-state index contributed by atoms with van der Waals surface area (Å²) < 4.78 is 37.6. The molecule has 3 aromatic carbocycles. The van der Waals surface area contributed by atoms with E-state index in [2.05, 4.69) is 36.0 Å². The number of oxime groups is 1. The first kappa shape index (κ1) is 42.4. The third-order valence-corrected chi connectivity index (χ3v) is 12.8. The zero-order valence-electron chi connectivity index (χ0n) is 34.0. The van der Waals surface area contributed by atoms with E-state index in [0.29, 0.717) is 42.4 Å². The van der Waals surface area contributed by atoms with Gasteiger partial charge in [0.25, 0.3) is 0 Å². The predicted molar refractivity (Wildman–Crippen MR) is 225 cm³/mol. The molecular weight excluding hydrogens is 773 g/mol. The average molecular weight is 829 g/mol. The number of hydrogen-bond donors (Lipinski definition) is 2. The number of aliphatic hydroxyl groups excluding tert-OH is 2. The van der Waals surface area contributed by atoms with Crippen molar-refractivity contribution in [3.8, 4) is 23.0 Å². The van der Waals surface area contributed by atoms with Crippen LogP contribution < -0.4 is 18.9 Å². The van der Waals surface area contributed by atoms with Gasteiger partial charge in [0.1, 0.15) is 24.7 Å². The second-order valence-corrected chi connectivity index (χ2v) is 16.4. The Bertz CT molecular complexity index is 1960. The standard InChI is InChI=1S/C46H56N2O10S/c1-4-22-57-46-42(48(45(51)52-2)29-31-16-18-40-41(25-31)56-30-55-40)28-38(47-53-3)36-26-32(12-8-10-20-49)35(15-9-11-21-50)43(44(36)46)37-27-33(17-19-39(37)58-46)54-23-24-59-34-13-6-5-7-14-34/h4-7,13-14,16-19,25-27,32,35,42-44,49-50H,1,8-12,15,20-24,28-30H2,2-3H3/t32-,35+,42-,43+,44+,46+/m0/s1. The summed E-state index contributed by atoms with van der Waals surface area (Å²) in [4.78, 5) is 22.6. The normalized spacial score (nSPS) is 24.3. The van der Waals surface area contributed by atoms with Gasteiger partial charge in [-0.2, -0.15) is 0 Å². The minimum absolute atomic E-state index is 0.0789. The van der Waals surface area contributed by atoms with Gasteiger partial charge in [-0.05, 0) is 91.1 Å². The molecule has 59 heavy (non-hydrogen) atoms. The van der Waals surface area contributed by atoms with Gasteiger partial charge in [-0.15, -0.1) is 18.3 Å². The lowest BCUT2D eigenvalue weighted by Crippen LogP contribution is -2.70. The predicted octanol–water partition coefficient (Wildman–Crippen LogP) is 8.12. The Morgan fingerprint density at radius 1 is 0.983 bits per heavy atom. The fourth-order valence-corrected chi connectivity index (χ4v) is 10.1. The van der Waals surface area contributed by atoms with Crippen LogP contribution in [0.3, 0.4) is 0 Å². The van der Waals surface area contributed by atoms with Crippen LogP contribution in [0.2, 0.25) is 0 Å². The van der Waals surface area contributed by atoms with Crippen molar-refractivity contribution in [1.29, 1.82) is 0 Å². The number of fused-ring (bicyclic) bond motifs is 3. The van der Waals surface area contributed by atoms with Crippen LogP contribution in [-0.2, 0) is 20.9 Å². The Morgan fingerprint density at radius 3 is 2.53 bits per heavy atom. The molecule has 2 N–H and O–H groups in total. The third-order valence-electron chi connectivity index (χ3n) is 11.8. The van der Waals surface area contributed by atoms with Crippen LogP contribution in [0.15, 0.2) is 101 Å². The lowest BCUT2D eigenvalue weighted by Gasteiger charge is -2.59. The summed E-state index contributed by atoms with van der Waals surface area (Å²) in [5.74, 6) is 1.53. The zero-order chi connectivity index (χ0) is 41.2. The number of benzene rings is 3. The zero-order valence-corrected chi connectivity index (χ0v) is 34.8. The van der Waals surface area contributed by atoms with E-state index in [1.165, 1.54) is 19.1 Å². The highest BCUT2D eigenvalue weighted by molar-refractivity contribution is 7.99. The van der Waals surface area contributed by atoms with Crippen LogP contribution in [0.5, 0.6) is 23.0 Å². The van der Waals surface area contributed by atoms with Crippen molar-refractivity contribution in [2.24, 2.45) is 22.9 Å². The molecule has 2 aliphatic heterocycles. The molecule has 0 saturated heterocycles. The quantitative estimate of drug-likeness (QED) is 0.0495. The number of unbranched alkanes of at least 4 members (excludes halogenated alkanes) is 2. The molecule has 1 amide bonds. The van der Waals surface area contributed by atoms with Gasteiger partial charge in [-0.1, -0.05) is 54.4 Å². The third kappa shape index (κ3) is 9.23. The topological polar surface area (TPSA) is 138 Å². The average Bonchev–Trinajstić information content (AvgIpc) is 3.74. The minimum Gasteiger partial charge on any atom is -0.493 e. The van der Waals surface area contributed by atoms with Crippen LogP contribution in [-0.4, -0.2) is 91.9 Å². The number of ether oxygens (including phenoxy) is 6. The molecule has 1 fully saturated rings. The Labute approximate surface area is 351 Å². The smallest absolute Gasteiger partial charge is 0.410 e. The van der Waals surface area contributed by atoms with Gasteiger partial charge in [-0.3, -0.25) is 4.90 Å². The molecule has 0 spiro atoms. The first-order chi connectivity index (χ1) is 28.9. The van der Waals surface area contributed by atoms with Crippen LogP contribution in [0.4, 0.5) is 4.79 Å². The summed E-state index contributed by atoms with van der Waals surface area (Å²) in [6, 6.07) is 21.2. The fourth-order valence-electron chi connectivity index (χ4n) is 9.34. The van der Waals surface area contributed by atoms with E-state index in [0.717, 1.165) is 53.9 Å². The van der Waals surface area contributed by atoms with Crippen molar-refractivity contribution < 1.29 is 48.3 Å². The number of rotatable bonds is 20. The highest BCUT2D eigenvalue weighted by Crippen LogP contribution is 2.62. The molecular formula is C46H56N2O10S. The molecule has 0 radical (unpaired) electrons. The number of carbonyl (C=O) groups is 1. The molecule has 7 rings (SSSR count). The summed E-state index contributed by atoms with van der Waals surface area (Å²) >= 11 is 1.74. The Kier molecular flexibility index (Phi) is 14.4. The lowest BCUT2D eigenvalue weighted by atomic mass is 9.55. The van der Waals surface area contributed by atoms with Gasteiger partial charge in [0.2, 0.25) is 12.6 Å². The van der Waals surface area contributed by atoms with Gasteiger partial charge in [-0.25, -0.2) is 4.79 Å². The highest BCUT2D eigenvalue weighted by atomic mass is 32.2. The molecule has 0 unspecified atom stereocenters. The number of methoxy groups -OCH3 is 1. The lowest BCUT2D eigenvalue weighted by molar-refractivity contribution is -0.256. The number of hydrogen-bond acceptors (Lipinski definition) is 12. The van der Waals surface area contributed by atoms with Gasteiger partial charge < -0.3 is 43.5 Å². The van der Waals surface area contributed by atoms with Crippen molar-refractivity contribution in [3.05, 3.63) is 102 Å². The first-order valence-corrected chi connectivity index (χ1v) is 21.6. The monoisotopic (exact) mass is 828 g/mol. The number of nitrogens with zero attached hydrogens (tertiary/aromatic N) is 2. The number of carbonyl (C=O) groups excluding carboxylic acids is 1. The largest absolute Gasteiger partial charge is 0.493 e. The number of thioether (sulfide) groups is 1. The van der Waals surface area contributed by atoms with Crippen LogP contribution in [0.25, 0.3) is 0 Å². The van der Waals surface area contributed by atoms with Crippen molar-refractivity contribution in [2.75, 3.05) is 53.2 Å². The van der Waals surface area contributed by atoms with E-state index < -0.39 is 23.8 Å². The summed E-state index contributed by atoms with van der Waals surface area (Å²) in [7, 11) is 2.91. The van der Waals surface area contributed by atoms with Gasteiger partial charge >= 0.3 is 6.09 Å². The van der Waals surface area contributed by atoms with Crippen molar-refractivity contribution in [2.45, 2.75) is 74.1 Å². The number of aliphatic hydroxyl groups is 2. The first-order valence-electron chi connectivity index (χ1n) is 20.6. The maximum absolute atomic E-state index is 14.2. The van der Waals surface area contributed by atoms with Crippen molar-refractivity contribution in [3.63, 3.8) is 0 Å². The van der Waals surface area contributed by atoms with Crippen LogP contribution in [0, 0.1) is 17.8 Å². The Balaban J connectivity index is 1.36.